The summed E-state index contributed by atoms with van der Waals surface area (Å²) in [5, 5.41) is 10.9. The summed E-state index contributed by atoms with van der Waals surface area (Å²) in [4.78, 5) is 13.9. The first kappa shape index (κ1) is 18.0. The molecule has 0 radical (unpaired) electrons. The van der Waals surface area contributed by atoms with Gasteiger partial charge in [-0.3, -0.25) is 4.79 Å². The van der Waals surface area contributed by atoms with Crippen LogP contribution in [0.4, 0.5) is 18.9 Å². The number of carbonyl (C=O) groups is 1. The summed E-state index contributed by atoms with van der Waals surface area (Å²) in [6.07, 6.45) is -4.59. The molecule has 8 heteroatoms. The van der Waals surface area contributed by atoms with E-state index in [4.69, 9.17) is 10.00 Å². The molecule has 126 valence electrons. The first-order valence-corrected chi connectivity index (χ1v) is 7.77. The van der Waals surface area contributed by atoms with E-state index in [0.29, 0.717) is 11.3 Å². The molecule has 1 heterocycles. The van der Waals surface area contributed by atoms with Gasteiger partial charge in [-0.2, -0.15) is 29.8 Å². The number of alkyl halides is 3. The van der Waals surface area contributed by atoms with Crippen molar-refractivity contribution < 1.29 is 22.7 Å². The zero-order valence-corrected chi connectivity index (χ0v) is 13.4. The van der Waals surface area contributed by atoms with E-state index in [2.05, 4.69) is 0 Å². The fourth-order valence-corrected chi connectivity index (χ4v) is 2.90. The highest BCUT2D eigenvalue weighted by molar-refractivity contribution is 7.08. The number of amides is 1. The fraction of sp³-hybridized carbons (Fsp3) is 0.250. The molecule has 1 aromatic carbocycles. The summed E-state index contributed by atoms with van der Waals surface area (Å²) in [6, 6.07) is 7.99. The van der Waals surface area contributed by atoms with E-state index >= 15 is 0 Å². The molecule has 0 aliphatic carbocycles. The van der Waals surface area contributed by atoms with Crippen molar-refractivity contribution in [2.24, 2.45) is 0 Å². The van der Waals surface area contributed by atoms with Crippen LogP contribution < -0.4 is 4.90 Å². The van der Waals surface area contributed by atoms with Crippen molar-refractivity contribution in [1.82, 2.24) is 0 Å². The molecule has 1 aromatic heterocycles. The molecule has 0 N–H and O–H groups in total. The van der Waals surface area contributed by atoms with Crippen molar-refractivity contribution in [2.45, 2.75) is 6.18 Å². The Labute approximate surface area is 140 Å². The standard InChI is InChI=1S/C16H13F3N2O2S/c1-23-7-6-21(12-4-2-11(8-20)3-5-12)15(22)13-9-24-10-14(13)16(17,18)19/h2-5,9-10H,6-7H2,1H3. The van der Waals surface area contributed by atoms with E-state index in [1.54, 1.807) is 0 Å². The number of rotatable bonds is 5. The van der Waals surface area contributed by atoms with Crippen LogP contribution in [0.5, 0.6) is 0 Å². The number of hydrogen-bond acceptors (Lipinski definition) is 4. The van der Waals surface area contributed by atoms with Gasteiger partial charge in [0.1, 0.15) is 0 Å². The van der Waals surface area contributed by atoms with Crippen LogP contribution in [0.2, 0.25) is 0 Å². The average molecular weight is 354 g/mol. The Balaban J connectivity index is 2.39. The lowest BCUT2D eigenvalue weighted by molar-refractivity contribution is -0.137. The van der Waals surface area contributed by atoms with Crippen molar-refractivity contribution >= 4 is 22.9 Å². The topological polar surface area (TPSA) is 53.3 Å². The van der Waals surface area contributed by atoms with Gasteiger partial charge in [0.25, 0.3) is 5.91 Å². The average Bonchev–Trinajstić information content (AvgIpc) is 3.05. The number of benzene rings is 1. The van der Waals surface area contributed by atoms with Gasteiger partial charge in [0.2, 0.25) is 0 Å². The Morgan fingerprint density at radius 2 is 1.96 bits per heavy atom. The minimum absolute atomic E-state index is 0.0916. The SMILES string of the molecule is COCCN(C(=O)c1cscc1C(F)(F)F)c1ccc(C#N)cc1. The molecule has 0 fully saturated rings. The van der Waals surface area contributed by atoms with E-state index in [1.807, 2.05) is 6.07 Å². The summed E-state index contributed by atoms with van der Waals surface area (Å²) in [7, 11) is 1.44. The zero-order valence-electron chi connectivity index (χ0n) is 12.6. The maximum absolute atomic E-state index is 13.0. The normalized spacial score (nSPS) is 11.1. The molecule has 2 aromatic rings. The summed E-state index contributed by atoms with van der Waals surface area (Å²) in [5.74, 6) is -0.759. The number of nitrogens with zero attached hydrogens (tertiary/aromatic N) is 2. The highest BCUT2D eigenvalue weighted by atomic mass is 32.1. The van der Waals surface area contributed by atoms with Crippen molar-refractivity contribution in [2.75, 3.05) is 25.2 Å². The smallest absolute Gasteiger partial charge is 0.383 e. The van der Waals surface area contributed by atoms with Crippen molar-refractivity contribution in [1.29, 1.82) is 5.26 Å². The lowest BCUT2D eigenvalue weighted by Crippen LogP contribution is -2.34. The van der Waals surface area contributed by atoms with E-state index in [-0.39, 0.29) is 13.2 Å². The molecule has 0 atom stereocenters. The highest BCUT2D eigenvalue weighted by Gasteiger charge is 2.37. The van der Waals surface area contributed by atoms with Gasteiger partial charge < -0.3 is 9.64 Å². The van der Waals surface area contributed by atoms with Crippen molar-refractivity contribution in [3.05, 3.63) is 51.7 Å². The number of anilines is 1. The summed E-state index contributed by atoms with van der Waals surface area (Å²) in [5.41, 5.74) is -0.554. The lowest BCUT2D eigenvalue weighted by atomic mass is 10.1. The molecule has 0 saturated heterocycles. The van der Waals surface area contributed by atoms with Crippen LogP contribution in [0.25, 0.3) is 0 Å². The molecular weight excluding hydrogens is 341 g/mol. The first-order valence-electron chi connectivity index (χ1n) is 6.83. The molecule has 4 nitrogen and oxygen atoms in total. The van der Waals surface area contributed by atoms with Crippen LogP contribution in [0.15, 0.2) is 35.0 Å². The fourth-order valence-electron chi connectivity index (χ4n) is 2.07. The zero-order chi connectivity index (χ0) is 17.7. The summed E-state index contributed by atoms with van der Waals surface area (Å²) < 4.78 is 44.0. The van der Waals surface area contributed by atoms with Crippen molar-refractivity contribution in [3.63, 3.8) is 0 Å². The molecule has 2 rings (SSSR count). The number of methoxy groups -OCH3 is 1. The van der Waals surface area contributed by atoms with Crippen LogP contribution in [-0.4, -0.2) is 26.2 Å². The monoisotopic (exact) mass is 354 g/mol. The molecule has 24 heavy (non-hydrogen) atoms. The third kappa shape index (κ3) is 3.93. The second-order valence-electron chi connectivity index (χ2n) is 4.81. The van der Waals surface area contributed by atoms with E-state index in [0.717, 1.165) is 16.7 Å². The molecule has 0 aliphatic rings. The summed E-state index contributed by atoms with van der Waals surface area (Å²) >= 11 is 0.822. The van der Waals surface area contributed by atoms with Gasteiger partial charge in [0.15, 0.2) is 0 Å². The maximum Gasteiger partial charge on any atom is 0.417 e. The third-order valence-electron chi connectivity index (χ3n) is 3.27. The number of carbonyl (C=O) groups excluding carboxylic acids is 1. The van der Waals surface area contributed by atoms with Crippen LogP contribution in [0.1, 0.15) is 21.5 Å². The number of hydrogen-bond donors (Lipinski definition) is 0. The van der Waals surface area contributed by atoms with Gasteiger partial charge in [-0.05, 0) is 24.3 Å². The Hall–Kier alpha value is -2.37. The lowest BCUT2D eigenvalue weighted by Gasteiger charge is -2.23. The van der Waals surface area contributed by atoms with Gasteiger partial charge in [-0.15, -0.1) is 0 Å². The number of thiophene rings is 1. The van der Waals surface area contributed by atoms with Crippen LogP contribution >= 0.6 is 11.3 Å². The van der Waals surface area contributed by atoms with Gasteiger partial charge in [-0.25, -0.2) is 0 Å². The highest BCUT2D eigenvalue weighted by Crippen LogP contribution is 2.35. The minimum Gasteiger partial charge on any atom is -0.383 e. The van der Waals surface area contributed by atoms with E-state index < -0.39 is 23.2 Å². The molecule has 0 aliphatic heterocycles. The van der Waals surface area contributed by atoms with E-state index in [1.165, 1.54) is 41.7 Å². The third-order valence-corrected chi connectivity index (χ3v) is 4.01. The predicted octanol–water partition coefficient (Wildman–Crippen LogP) is 3.93. The molecular formula is C16H13F3N2O2S. The number of nitriles is 1. The molecule has 0 saturated carbocycles. The second-order valence-corrected chi connectivity index (χ2v) is 5.55. The van der Waals surface area contributed by atoms with Gasteiger partial charge >= 0.3 is 6.18 Å². The van der Waals surface area contributed by atoms with Crippen LogP contribution in [0, 0.1) is 11.3 Å². The Bertz CT molecular complexity index is 748. The molecule has 0 spiro atoms. The van der Waals surface area contributed by atoms with Gasteiger partial charge in [0.05, 0.1) is 29.4 Å². The minimum atomic E-state index is -4.59. The Morgan fingerprint density at radius 1 is 1.29 bits per heavy atom. The number of ether oxygens (including phenoxy) is 1. The van der Waals surface area contributed by atoms with Gasteiger partial charge in [0, 0.05) is 30.1 Å². The van der Waals surface area contributed by atoms with Crippen LogP contribution in [0.3, 0.4) is 0 Å². The first-order chi connectivity index (χ1) is 11.4. The molecule has 1 amide bonds. The van der Waals surface area contributed by atoms with Gasteiger partial charge in [-0.1, -0.05) is 0 Å². The maximum atomic E-state index is 13.0. The Kier molecular flexibility index (Phi) is 5.59. The van der Waals surface area contributed by atoms with Crippen LogP contribution in [-0.2, 0) is 10.9 Å². The Morgan fingerprint density at radius 3 is 2.50 bits per heavy atom. The van der Waals surface area contributed by atoms with E-state index in [9.17, 15) is 18.0 Å². The summed E-state index contributed by atoms with van der Waals surface area (Å²) in [6.45, 7) is 0.256. The quantitative estimate of drug-likeness (QED) is 0.817. The van der Waals surface area contributed by atoms with Crippen molar-refractivity contribution in [3.8, 4) is 6.07 Å². The molecule has 0 unspecified atom stereocenters. The predicted molar refractivity (Wildman–Crippen MR) is 84.0 cm³/mol. The number of halogens is 3. The molecule has 0 bridgehead atoms. The largest absolute Gasteiger partial charge is 0.417 e. The second kappa shape index (κ2) is 7.47.